The summed E-state index contributed by atoms with van der Waals surface area (Å²) < 4.78 is 30.6. The van der Waals surface area contributed by atoms with Crippen LogP contribution in [0.25, 0.3) is 0 Å². The van der Waals surface area contributed by atoms with Gasteiger partial charge < -0.3 is 4.74 Å². The van der Waals surface area contributed by atoms with Crippen LogP contribution in [0.3, 0.4) is 0 Å². The van der Waals surface area contributed by atoms with Gasteiger partial charge in [0.25, 0.3) is 0 Å². The second kappa shape index (κ2) is 6.80. The fourth-order valence-corrected chi connectivity index (χ4v) is 6.17. The molecule has 0 bridgehead atoms. The maximum absolute atomic E-state index is 12.6. The van der Waals surface area contributed by atoms with Crippen LogP contribution in [0, 0.1) is 19.3 Å². The number of rotatable bonds is 5. The van der Waals surface area contributed by atoms with E-state index in [2.05, 4.69) is 22.0 Å². The smallest absolute Gasteiger partial charge is 0.155 e. The molecule has 0 unspecified atom stereocenters. The number of sulfone groups is 1. The maximum atomic E-state index is 12.6. The Morgan fingerprint density at radius 2 is 1.71 bits per heavy atom. The van der Waals surface area contributed by atoms with Gasteiger partial charge in [-0.05, 0) is 37.7 Å². The van der Waals surface area contributed by atoms with Crippen LogP contribution in [-0.2, 0) is 20.3 Å². The molecule has 1 aliphatic heterocycles. The Hall–Kier alpha value is -0.390. The summed E-state index contributed by atoms with van der Waals surface area (Å²) in [5.41, 5.74) is 2.95. The standard InChI is InChI=1S/C16H23BrO3S/c1-13-7-14(2)9-15(8-13)10-21(18,19)12-16(11-17)3-5-20-6-4-16/h7-9H,3-6,10-12H2,1-2H3. The minimum atomic E-state index is -3.12. The van der Waals surface area contributed by atoms with Crippen molar-refractivity contribution in [3.05, 3.63) is 34.9 Å². The summed E-state index contributed by atoms with van der Waals surface area (Å²) in [7, 11) is -3.12. The molecule has 1 saturated heterocycles. The molecule has 1 aliphatic rings. The van der Waals surface area contributed by atoms with Gasteiger partial charge in [-0.2, -0.15) is 0 Å². The predicted octanol–water partition coefficient (Wildman–Crippen LogP) is 3.41. The van der Waals surface area contributed by atoms with Crippen LogP contribution >= 0.6 is 15.9 Å². The fourth-order valence-electron chi connectivity index (χ4n) is 3.04. The SMILES string of the molecule is Cc1cc(C)cc(CS(=O)(=O)CC2(CBr)CCOCC2)c1. The number of halogens is 1. The van der Waals surface area contributed by atoms with E-state index in [0.717, 1.165) is 34.9 Å². The van der Waals surface area contributed by atoms with Gasteiger partial charge in [-0.1, -0.05) is 45.3 Å². The van der Waals surface area contributed by atoms with Crippen LogP contribution in [0.5, 0.6) is 0 Å². The second-order valence-corrected chi connectivity index (χ2v) is 8.90. The highest BCUT2D eigenvalue weighted by Gasteiger charge is 2.36. The first kappa shape index (κ1) is 17.0. The number of alkyl halides is 1. The zero-order chi connectivity index (χ0) is 15.5. The summed E-state index contributed by atoms with van der Waals surface area (Å²) >= 11 is 3.51. The Kier molecular flexibility index (Phi) is 5.49. The average Bonchev–Trinajstić information content (AvgIpc) is 2.37. The van der Waals surface area contributed by atoms with Crippen molar-refractivity contribution in [2.75, 3.05) is 24.3 Å². The van der Waals surface area contributed by atoms with Crippen molar-refractivity contribution in [3.63, 3.8) is 0 Å². The van der Waals surface area contributed by atoms with E-state index in [1.807, 2.05) is 26.0 Å². The van der Waals surface area contributed by atoms with Crippen molar-refractivity contribution in [2.45, 2.75) is 32.4 Å². The molecule has 0 radical (unpaired) electrons. The van der Waals surface area contributed by atoms with E-state index >= 15 is 0 Å². The summed E-state index contributed by atoms with van der Waals surface area (Å²) in [6, 6.07) is 6.00. The quantitative estimate of drug-likeness (QED) is 0.741. The second-order valence-electron chi connectivity index (χ2n) is 6.27. The Morgan fingerprint density at radius 1 is 1.14 bits per heavy atom. The zero-order valence-electron chi connectivity index (χ0n) is 12.7. The highest BCUT2D eigenvalue weighted by Crippen LogP contribution is 2.34. The predicted molar refractivity (Wildman–Crippen MR) is 89.7 cm³/mol. The highest BCUT2D eigenvalue weighted by molar-refractivity contribution is 9.09. The van der Waals surface area contributed by atoms with E-state index in [1.54, 1.807) is 0 Å². The van der Waals surface area contributed by atoms with E-state index in [1.165, 1.54) is 0 Å². The number of ether oxygens (including phenoxy) is 1. The van der Waals surface area contributed by atoms with E-state index in [0.29, 0.717) is 13.2 Å². The molecule has 0 N–H and O–H groups in total. The lowest BCUT2D eigenvalue weighted by molar-refractivity contribution is 0.0367. The van der Waals surface area contributed by atoms with Crippen LogP contribution in [0.1, 0.15) is 29.5 Å². The number of benzene rings is 1. The van der Waals surface area contributed by atoms with Gasteiger partial charge in [-0.25, -0.2) is 8.42 Å². The first-order chi connectivity index (χ1) is 9.84. The Labute approximate surface area is 136 Å². The normalized spacial score (nSPS) is 18.6. The van der Waals surface area contributed by atoms with Gasteiger partial charge in [0.05, 0.1) is 11.5 Å². The molecule has 1 aromatic carbocycles. The molecule has 1 fully saturated rings. The maximum Gasteiger partial charge on any atom is 0.155 e. The lowest BCUT2D eigenvalue weighted by atomic mass is 9.85. The number of aryl methyl sites for hydroxylation is 2. The summed E-state index contributed by atoms with van der Waals surface area (Å²) in [5, 5.41) is 0.718. The van der Waals surface area contributed by atoms with E-state index in [9.17, 15) is 8.42 Å². The summed E-state index contributed by atoms with van der Waals surface area (Å²) in [4.78, 5) is 0. The summed E-state index contributed by atoms with van der Waals surface area (Å²) in [6.45, 7) is 5.32. The van der Waals surface area contributed by atoms with Crippen LogP contribution in [-0.4, -0.2) is 32.7 Å². The highest BCUT2D eigenvalue weighted by atomic mass is 79.9. The first-order valence-corrected chi connectivity index (χ1v) is 10.2. The monoisotopic (exact) mass is 374 g/mol. The van der Waals surface area contributed by atoms with Crippen LogP contribution in [0.15, 0.2) is 18.2 Å². The van der Waals surface area contributed by atoms with Crippen molar-refractivity contribution in [1.82, 2.24) is 0 Å². The molecule has 5 heteroatoms. The van der Waals surface area contributed by atoms with Gasteiger partial charge in [0.1, 0.15) is 0 Å². The minimum Gasteiger partial charge on any atom is -0.381 e. The van der Waals surface area contributed by atoms with Crippen LogP contribution in [0.4, 0.5) is 0 Å². The summed E-state index contributed by atoms with van der Waals surface area (Å²) in [5.74, 6) is 0.368. The van der Waals surface area contributed by atoms with Crippen molar-refractivity contribution in [1.29, 1.82) is 0 Å². The molecule has 0 aliphatic carbocycles. The lowest BCUT2D eigenvalue weighted by Crippen LogP contribution is -2.38. The molecule has 21 heavy (non-hydrogen) atoms. The van der Waals surface area contributed by atoms with E-state index in [4.69, 9.17) is 4.74 Å². The zero-order valence-corrected chi connectivity index (χ0v) is 15.1. The molecule has 2 rings (SSSR count). The first-order valence-electron chi connectivity index (χ1n) is 7.26. The Bertz CT molecular complexity index is 569. The molecule has 0 amide bonds. The van der Waals surface area contributed by atoms with Crippen LogP contribution in [0.2, 0.25) is 0 Å². The Balaban J connectivity index is 2.14. The Morgan fingerprint density at radius 3 is 2.24 bits per heavy atom. The third-order valence-corrected chi connectivity index (χ3v) is 7.05. The van der Waals surface area contributed by atoms with E-state index < -0.39 is 9.84 Å². The van der Waals surface area contributed by atoms with Gasteiger partial charge in [-0.15, -0.1) is 0 Å². The molecule has 0 atom stereocenters. The third-order valence-electron chi connectivity index (χ3n) is 4.03. The van der Waals surface area contributed by atoms with Crippen molar-refractivity contribution in [2.24, 2.45) is 5.41 Å². The van der Waals surface area contributed by atoms with Gasteiger partial charge >= 0.3 is 0 Å². The van der Waals surface area contributed by atoms with Crippen molar-refractivity contribution in [3.8, 4) is 0 Å². The molecule has 1 heterocycles. The molecule has 0 saturated carbocycles. The van der Waals surface area contributed by atoms with Gasteiger partial charge in [0.2, 0.25) is 0 Å². The van der Waals surface area contributed by atoms with Gasteiger partial charge in [0, 0.05) is 18.5 Å². The van der Waals surface area contributed by atoms with Crippen molar-refractivity contribution >= 4 is 25.8 Å². The number of hydrogen-bond acceptors (Lipinski definition) is 3. The summed E-state index contributed by atoms with van der Waals surface area (Å²) in [6.07, 6.45) is 1.62. The largest absolute Gasteiger partial charge is 0.381 e. The molecule has 1 aromatic rings. The topological polar surface area (TPSA) is 43.4 Å². The number of hydrogen-bond donors (Lipinski definition) is 0. The molecule has 3 nitrogen and oxygen atoms in total. The van der Waals surface area contributed by atoms with Gasteiger partial charge in [-0.3, -0.25) is 0 Å². The fraction of sp³-hybridized carbons (Fsp3) is 0.625. The molecule has 0 aromatic heterocycles. The lowest BCUT2D eigenvalue weighted by Gasteiger charge is -2.35. The van der Waals surface area contributed by atoms with E-state index in [-0.39, 0.29) is 16.9 Å². The minimum absolute atomic E-state index is 0.130. The third kappa shape index (κ3) is 4.80. The van der Waals surface area contributed by atoms with Crippen LogP contribution < -0.4 is 0 Å². The average molecular weight is 375 g/mol. The van der Waals surface area contributed by atoms with Gasteiger partial charge in [0.15, 0.2) is 9.84 Å². The molecular weight excluding hydrogens is 352 g/mol. The molecule has 118 valence electrons. The molecule has 0 spiro atoms. The van der Waals surface area contributed by atoms with Crippen molar-refractivity contribution < 1.29 is 13.2 Å². The molecular formula is C16H23BrO3S.